The fourth-order valence-corrected chi connectivity index (χ4v) is 1.66. The van der Waals surface area contributed by atoms with E-state index in [1.165, 1.54) is 30.7 Å². The van der Waals surface area contributed by atoms with Crippen molar-refractivity contribution in [2.75, 3.05) is 32.1 Å². The van der Waals surface area contributed by atoms with Crippen LogP contribution in [0.3, 0.4) is 0 Å². The number of nitrogens with zero attached hydrogens (tertiary/aromatic N) is 1. The third-order valence-corrected chi connectivity index (χ3v) is 3.05. The Hall–Kier alpha value is 0.540. The minimum absolute atomic E-state index is 0. The molecule has 12 heavy (non-hydrogen) atoms. The topological polar surface area (TPSA) is 0 Å². The summed E-state index contributed by atoms with van der Waals surface area (Å²) < 4.78 is 1.23. The van der Waals surface area contributed by atoms with Crippen molar-refractivity contribution in [3.63, 3.8) is 0 Å². The summed E-state index contributed by atoms with van der Waals surface area (Å²) >= 11 is 5.67. The lowest BCUT2D eigenvalue weighted by molar-refractivity contribution is -0.923. The lowest BCUT2D eigenvalue weighted by Crippen LogP contribution is -3.00. The van der Waals surface area contributed by atoms with Crippen LogP contribution in [0.1, 0.15) is 27.2 Å². The number of hydrogen-bond donors (Lipinski definition) is 0. The quantitative estimate of drug-likeness (QED) is 0.413. The molecule has 0 aromatic heterocycles. The predicted octanol–water partition coefficient (Wildman–Crippen LogP) is -0.504. The van der Waals surface area contributed by atoms with Gasteiger partial charge in [0.05, 0.1) is 26.2 Å². The first kappa shape index (κ1) is 15.0. The van der Waals surface area contributed by atoms with Crippen LogP contribution in [0.2, 0.25) is 0 Å². The Balaban J connectivity index is 0. The molecule has 1 nitrogen and oxygen atoms in total. The summed E-state index contributed by atoms with van der Waals surface area (Å²) in [7, 11) is 0. The molecule has 0 N–H and O–H groups in total. The molecule has 0 aromatic carbocycles. The third-order valence-electron chi connectivity index (χ3n) is 2.78. The highest BCUT2D eigenvalue weighted by Gasteiger charge is 2.18. The molecule has 0 radical (unpaired) electrons. The molecule has 0 saturated heterocycles. The van der Waals surface area contributed by atoms with Gasteiger partial charge in [-0.2, -0.15) is 0 Å². The molecular weight excluding hydrogens is 193 g/mol. The summed E-state index contributed by atoms with van der Waals surface area (Å²) in [5, 5.41) is 0. The molecule has 0 aliphatic carbocycles. The van der Waals surface area contributed by atoms with Crippen molar-refractivity contribution in [3.05, 3.63) is 0 Å². The molecule has 0 unspecified atom stereocenters. The van der Waals surface area contributed by atoms with E-state index in [2.05, 4.69) is 20.8 Å². The molecule has 0 atom stereocenters. The van der Waals surface area contributed by atoms with E-state index in [9.17, 15) is 0 Å². The summed E-state index contributed by atoms with van der Waals surface area (Å²) in [6, 6.07) is 0. The molecule has 0 aromatic rings. The van der Waals surface area contributed by atoms with E-state index in [-0.39, 0.29) is 12.4 Å². The lowest BCUT2D eigenvalue weighted by atomic mass is 10.3. The fourth-order valence-electron chi connectivity index (χ4n) is 1.54. The summed E-state index contributed by atoms with van der Waals surface area (Å²) in [6.07, 6.45) is 1.15. The zero-order valence-electron chi connectivity index (χ0n) is 8.45. The van der Waals surface area contributed by atoms with Gasteiger partial charge in [-0.05, 0) is 20.8 Å². The van der Waals surface area contributed by atoms with E-state index in [4.69, 9.17) is 11.6 Å². The minimum Gasteiger partial charge on any atom is -1.00 e. The van der Waals surface area contributed by atoms with Gasteiger partial charge in [0.25, 0.3) is 0 Å². The number of hydrogen-bond acceptors (Lipinski definition) is 0. The Morgan fingerprint density at radius 3 is 1.67 bits per heavy atom. The Bertz CT molecular complexity index is 84.3. The molecule has 0 aliphatic rings. The van der Waals surface area contributed by atoms with Gasteiger partial charge in [-0.3, -0.25) is 0 Å². The van der Waals surface area contributed by atoms with Crippen LogP contribution in [-0.4, -0.2) is 36.5 Å². The summed E-state index contributed by atoms with van der Waals surface area (Å²) in [5.41, 5.74) is 0. The normalized spacial score (nSPS) is 11.0. The van der Waals surface area contributed by atoms with E-state index in [0.717, 1.165) is 12.3 Å². The molecule has 0 aliphatic heterocycles. The molecule has 0 bridgehead atoms. The fraction of sp³-hybridized carbons (Fsp3) is 1.00. The molecule has 76 valence electrons. The molecule has 0 fully saturated rings. The van der Waals surface area contributed by atoms with Crippen molar-refractivity contribution < 1.29 is 16.9 Å². The Morgan fingerprint density at radius 1 is 1.00 bits per heavy atom. The average molecular weight is 214 g/mol. The first-order valence-corrected chi connectivity index (χ1v) is 5.19. The van der Waals surface area contributed by atoms with Gasteiger partial charge in [0.1, 0.15) is 0 Å². The minimum atomic E-state index is 0. The molecule has 0 heterocycles. The highest BCUT2D eigenvalue weighted by atomic mass is 35.5. The maximum absolute atomic E-state index is 5.67. The first-order valence-electron chi connectivity index (χ1n) is 4.65. The van der Waals surface area contributed by atoms with Gasteiger partial charge >= 0.3 is 0 Å². The smallest absolute Gasteiger partial charge is 0.0797 e. The van der Waals surface area contributed by atoms with Crippen LogP contribution in [0.5, 0.6) is 0 Å². The highest BCUT2D eigenvalue weighted by Crippen LogP contribution is 2.07. The van der Waals surface area contributed by atoms with Crippen LogP contribution in [0.25, 0.3) is 0 Å². The Kier molecular flexibility index (Phi) is 10.2. The van der Waals surface area contributed by atoms with Crippen LogP contribution in [0.15, 0.2) is 0 Å². The number of rotatable bonds is 6. The van der Waals surface area contributed by atoms with Crippen LogP contribution >= 0.6 is 11.6 Å². The van der Waals surface area contributed by atoms with Crippen molar-refractivity contribution >= 4 is 11.6 Å². The van der Waals surface area contributed by atoms with E-state index in [1.807, 2.05) is 0 Å². The van der Waals surface area contributed by atoms with Crippen LogP contribution in [0.4, 0.5) is 0 Å². The maximum Gasteiger partial charge on any atom is 0.0797 e. The molecular formula is C9H21Cl2N. The van der Waals surface area contributed by atoms with E-state index in [1.54, 1.807) is 0 Å². The van der Waals surface area contributed by atoms with Crippen LogP contribution in [0, 0.1) is 0 Å². The number of quaternary nitrogens is 1. The Labute approximate surface area is 88.1 Å². The molecule has 0 amide bonds. The largest absolute Gasteiger partial charge is 1.00 e. The second kappa shape index (κ2) is 8.15. The Morgan fingerprint density at radius 2 is 1.42 bits per heavy atom. The van der Waals surface area contributed by atoms with Crippen molar-refractivity contribution in [1.82, 2.24) is 0 Å². The van der Waals surface area contributed by atoms with Gasteiger partial charge in [-0.1, -0.05) is 0 Å². The van der Waals surface area contributed by atoms with E-state index >= 15 is 0 Å². The lowest BCUT2D eigenvalue weighted by Gasteiger charge is -2.35. The molecule has 3 heteroatoms. The second-order valence-electron chi connectivity index (χ2n) is 3.06. The average Bonchev–Trinajstić information content (AvgIpc) is 2.08. The second-order valence-corrected chi connectivity index (χ2v) is 3.43. The standard InChI is InChI=1S/C9H21ClN.ClH/c1-4-11(5-2,6-3)9-7-8-10;/h4-9H2,1-3H3;1H/q+1;/p-1. The summed E-state index contributed by atoms with van der Waals surface area (Å²) in [4.78, 5) is 0. The van der Waals surface area contributed by atoms with Gasteiger partial charge in [-0.15, -0.1) is 11.6 Å². The summed E-state index contributed by atoms with van der Waals surface area (Å²) in [5.74, 6) is 0.806. The summed E-state index contributed by atoms with van der Waals surface area (Å²) in [6.45, 7) is 11.8. The first-order chi connectivity index (χ1) is 5.24. The third kappa shape index (κ3) is 4.54. The van der Waals surface area contributed by atoms with Gasteiger partial charge in [-0.25, -0.2) is 0 Å². The number of halogens is 2. The van der Waals surface area contributed by atoms with Crippen LogP contribution < -0.4 is 12.4 Å². The number of alkyl halides is 1. The predicted molar refractivity (Wildman–Crippen MR) is 52.1 cm³/mol. The zero-order chi connectivity index (χ0) is 8.74. The molecule has 0 saturated carbocycles. The monoisotopic (exact) mass is 213 g/mol. The van der Waals surface area contributed by atoms with Crippen molar-refractivity contribution in [2.24, 2.45) is 0 Å². The zero-order valence-corrected chi connectivity index (χ0v) is 9.96. The maximum atomic E-state index is 5.67. The molecule has 0 rings (SSSR count). The van der Waals surface area contributed by atoms with E-state index < -0.39 is 0 Å². The van der Waals surface area contributed by atoms with Crippen molar-refractivity contribution in [2.45, 2.75) is 27.2 Å². The van der Waals surface area contributed by atoms with Gasteiger partial charge in [0.2, 0.25) is 0 Å². The molecule has 0 spiro atoms. The van der Waals surface area contributed by atoms with Gasteiger partial charge in [0.15, 0.2) is 0 Å². The van der Waals surface area contributed by atoms with Crippen molar-refractivity contribution in [1.29, 1.82) is 0 Å². The van der Waals surface area contributed by atoms with E-state index in [0.29, 0.717) is 0 Å². The SMILES string of the molecule is CC[N+](CC)(CC)CCCCl.[Cl-]. The van der Waals surface area contributed by atoms with Gasteiger partial charge in [0, 0.05) is 12.3 Å². The van der Waals surface area contributed by atoms with Gasteiger partial charge < -0.3 is 16.9 Å². The van der Waals surface area contributed by atoms with Crippen molar-refractivity contribution in [3.8, 4) is 0 Å². The highest BCUT2D eigenvalue weighted by molar-refractivity contribution is 6.17. The van der Waals surface area contributed by atoms with Crippen LogP contribution in [-0.2, 0) is 0 Å².